The number of benzene rings is 2. The van der Waals surface area contributed by atoms with E-state index in [1.807, 2.05) is 42.5 Å². The Morgan fingerprint density at radius 3 is 2.39 bits per heavy atom. The van der Waals surface area contributed by atoms with E-state index in [0.717, 1.165) is 11.3 Å². The van der Waals surface area contributed by atoms with Gasteiger partial charge in [-0.25, -0.2) is 0 Å². The molecular formula is C15H14N2O. The molecule has 2 rings (SSSR count). The number of allylic oxidation sites excluding steroid dienone is 1. The van der Waals surface area contributed by atoms with E-state index < -0.39 is 0 Å². The van der Waals surface area contributed by atoms with Gasteiger partial charge in [0.2, 0.25) is 0 Å². The monoisotopic (exact) mass is 238 g/mol. The van der Waals surface area contributed by atoms with Crippen LogP contribution in [0.25, 0.3) is 6.08 Å². The van der Waals surface area contributed by atoms with Crippen molar-refractivity contribution in [1.29, 1.82) is 0 Å². The molecule has 0 aromatic heterocycles. The summed E-state index contributed by atoms with van der Waals surface area (Å²) < 4.78 is 0. The summed E-state index contributed by atoms with van der Waals surface area (Å²) in [6.07, 6.45) is 3.30. The van der Waals surface area contributed by atoms with Gasteiger partial charge in [-0.1, -0.05) is 48.5 Å². The van der Waals surface area contributed by atoms with E-state index in [4.69, 9.17) is 5.84 Å². The van der Waals surface area contributed by atoms with Gasteiger partial charge >= 0.3 is 0 Å². The molecule has 0 saturated carbocycles. The third-order valence-electron chi connectivity index (χ3n) is 2.59. The molecule has 0 amide bonds. The van der Waals surface area contributed by atoms with Gasteiger partial charge < -0.3 is 5.43 Å². The van der Waals surface area contributed by atoms with Gasteiger partial charge in [0.15, 0.2) is 5.78 Å². The van der Waals surface area contributed by atoms with Crippen LogP contribution in [0.4, 0.5) is 5.69 Å². The van der Waals surface area contributed by atoms with E-state index in [1.165, 1.54) is 0 Å². The average molecular weight is 238 g/mol. The molecule has 3 heteroatoms. The number of rotatable bonds is 4. The van der Waals surface area contributed by atoms with E-state index in [-0.39, 0.29) is 5.78 Å². The SMILES string of the molecule is NNc1ccccc1C=CC(=O)c1ccccc1. The van der Waals surface area contributed by atoms with Crippen LogP contribution in [0.15, 0.2) is 60.7 Å². The first-order chi connectivity index (χ1) is 8.81. The minimum atomic E-state index is -0.0255. The molecule has 0 unspecified atom stereocenters. The number of nitrogen functional groups attached to an aromatic ring is 1. The minimum absolute atomic E-state index is 0.0255. The number of hydrogen-bond acceptors (Lipinski definition) is 3. The molecule has 0 atom stereocenters. The molecule has 3 nitrogen and oxygen atoms in total. The van der Waals surface area contributed by atoms with Crippen molar-refractivity contribution in [2.45, 2.75) is 0 Å². The number of para-hydroxylation sites is 1. The predicted molar refractivity (Wildman–Crippen MR) is 74.1 cm³/mol. The zero-order valence-corrected chi connectivity index (χ0v) is 9.84. The van der Waals surface area contributed by atoms with Crippen molar-refractivity contribution in [3.8, 4) is 0 Å². The summed E-state index contributed by atoms with van der Waals surface area (Å²) >= 11 is 0. The van der Waals surface area contributed by atoms with E-state index in [2.05, 4.69) is 5.43 Å². The van der Waals surface area contributed by atoms with Gasteiger partial charge in [-0.15, -0.1) is 0 Å². The van der Waals surface area contributed by atoms with Crippen LogP contribution in [0, 0.1) is 0 Å². The largest absolute Gasteiger partial charge is 0.324 e. The predicted octanol–water partition coefficient (Wildman–Crippen LogP) is 2.87. The Morgan fingerprint density at radius 2 is 1.67 bits per heavy atom. The second-order valence-corrected chi connectivity index (χ2v) is 3.80. The van der Waals surface area contributed by atoms with Crippen LogP contribution < -0.4 is 11.3 Å². The molecule has 90 valence electrons. The van der Waals surface area contributed by atoms with Gasteiger partial charge in [0.05, 0.1) is 5.69 Å². The maximum absolute atomic E-state index is 11.9. The van der Waals surface area contributed by atoms with Crippen molar-refractivity contribution in [3.05, 3.63) is 71.8 Å². The lowest BCUT2D eigenvalue weighted by atomic mass is 10.1. The summed E-state index contributed by atoms with van der Waals surface area (Å²) in [4.78, 5) is 11.9. The number of nitrogens with two attached hydrogens (primary N) is 1. The maximum Gasteiger partial charge on any atom is 0.185 e. The third-order valence-corrected chi connectivity index (χ3v) is 2.59. The van der Waals surface area contributed by atoms with Gasteiger partial charge in [0.25, 0.3) is 0 Å². The number of carbonyl (C=O) groups excluding carboxylic acids is 1. The van der Waals surface area contributed by atoms with Crippen LogP contribution >= 0.6 is 0 Å². The van der Waals surface area contributed by atoms with E-state index in [9.17, 15) is 4.79 Å². The number of carbonyl (C=O) groups is 1. The molecule has 0 fully saturated rings. The molecule has 0 aliphatic rings. The maximum atomic E-state index is 11.9. The van der Waals surface area contributed by atoms with Crippen LogP contribution in [-0.4, -0.2) is 5.78 Å². The number of hydrogen-bond donors (Lipinski definition) is 2. The molecule has 0 aliphatic carbocycles. The standard InChI is InChI=1S/C15H14N2O/c16-17-14-9-5-4-6-12(14)10-11-15(18)13-7-2-1-3-8-13/h1-11,17H,16H2. The fourth-order valence-corrected chi connectivity index (χ4v) is 1.64. The first-order valence-electron chi connectivity index (χ1n) is 5.64. The fraction of sp³-hybridized carbons (Fsp3) is 0. The molecule has 18 heavy (non-hydrogen) atoms. The lowest BCUT2D eigenvalue weighted by molar-refractivity contribution is 0.104. The Balaban J connectivity index is 2.19. The summed E-state index contributed by atoms with van der Waals surface area (Å²) in [6, 6.07) is 16.7. The molecule has 0 saturated heterocycles. The summed E-state index contributed by atoms with van der Waals surface area (Å²) in [5, 5.41) is 0. The summed E-state index contributed by atoms with van der Waals surface area (Å²) in [5.74, 6) is 5.37. The highest BCUT2D eigenvalue weighted by Crippen LogP contribution is 2.15. The molecule has 3 N–H and O–H groups in total. The molecule has 0 heterocycles. The first-order valence-corrected chi connectivity index (χ1v) is 5.64. The van der Waals surface area contributed by atoms with Crippen LogP contribution in [0.5, 0.6) is 0 Å². The zero-order valence-electron chi connectivity index (χ0n) is 9.84. The van der Waals surface area contributed by atoms with Gasteiger partial charge in [-0.05, 0) is 23.8 Å². The summed E-state index contributed by atoms with van der Waals surface area (Å²) in [5.41, 5.74) is 4.94. The molecule has 0 aliphatic heterocycles. The quantitative estimate of drug-likeness (QED) is 0.373. The topological polar surface area (TPSA) is 55.1 Å². The van der Waals surface area contributed by atoms with Crippen molar-refractivity contribution in [2.75, 3.05) is 5.43 Å². The minimum Gasteiger partial charge on any atom is -0.324 e. The van der Waals surface area contributed by atoms with Gasteiger partial charge in [-0.2, -0.15) is 0 Å². The summed E-state index contributed by atoms with van der Waals surface area (Å²) in [6.45, 7) is 0. The Labute approximate surface area is 106 Å². The van der Waals surface area contributed by atoms with Gasteiger partial charge in [0.1, 0.15) is 0 Å². The van der Waals surface area contributed by atoms with Crippen LogP contribution in [0.1, 0.15) is 15.9 Å². The highest BCUT2D eigenvalue weighted by Gasteiger charge is 2.00. The average Bonchev–Trinajstić information content (AvgIpc) is 2.46. The molecule has 0 spiro atoms. The zero-order chi connectivity index (χ0) is 12.8. The smallest absolute Gasteiger partial charge is 0.185 e. The highest BCUT2D eigenvalue weighted by molar-refractivity contribution is 6.07. The third kappa shape index (κ3) is 2.84. The van der Waals surface area contributed by atoms with Gasteiger partial charge in [-0.3, -0.25) is 10.6 Å². The van der Waals surface area contributed by atoms with Crippen molar-refractivity contribution < 1.29 is 4.79 Å². The molecular weight excluding hydrogens is 224 g/mol. The molecule has 2 aromatic carbocycles. The number of hydrazine groups is 1. The van der Waals surface area contributed by atoms with Crippen molar-refractivity contribution in [3.63, 3.8) is 0 Å². The summed E-state index contributed by atoms with van der Waals surface area (Å²) in [7, 11) is 0. The molecule has 0 radical (unpaired) electrons. The van der Waals surface area contributed by atoms with Crippen molar-refractivity contribution in [2.24, 2.45) is 5.84 Å². The Kier molecular flexibility index (Phi) is 3.89. The second-order valence-electron chi connectivity index (χ2n) is 3.80. The van der Waals surface area contributed by atoms with Crippen molar-refractivity contribution in [1.82, 2.24) is 0 Å². The van der Waals surface area contributed by atoms with Crippen LogP contribution in [0.2, 0.25) is 0 Å². The fourth-order valence-electron chi connectivity index (χ4n) is 1.64. The Bertz CT molecular complexity index is 562. The van der Waals surface area contributed by atoms with Crippen LogP contribution in [0.3, 0.4) is 0 Å². The Morgan fingerprint density at radius 1 is 1.00 bits per heavy atom. The van der Waals surface area contributed by atoms with Gasteiger partial charge in [0, 0.05) is 5.56 Å². The van der Waals surface area contributed by atoms with Crippen LogP contribution in [-0.2, 0) is 0 Å². The second kappa shape index (κ2) is 5.80. The van der Waals surface area contributed by atoms with E-state index in [1.54, 1.807) is 24.3 Å². The number of ketones is 1. The first kappa shape index (κ1) is 12.1. The number of anilines is 1. The van der Waals surface area contributed by atoms with Crippen molar-refractivity contribution >= 4 is 17.5 Å². The molecule has 0 bridgehead atoms. The van der Waals surface area contributed by atoms with E-state index in [0.29, 0.717) is 5.56 Å². The number of nitrogens with one attached hydrogen (secondary N) is 1. The molecule has 2 aromatic rings. The normalized spacial score (nSPS) is 10.5. The lowest BCUT2D eigenvalue weighted by Crippen LogP contribution is -2.07. The Hall–Kier alpha value is -2.39. The lowest BCUT2D eigenvalue weighted by Gasteiger charge is -2.03. The highest BCUT2D eigenvalue weighted by atomic mass is 16.1. The van der Waals surface area contributed by atoms with E-state index >= 15 is 0 Å².